The molecule has 2 N–H and O–H groups in total. The first-order valence-electron chi connectivity index (χ1n) is 4.79. The van der Waals surface area contributed by atoms with Gasteiger partial charge in [0.25, 0.3) is 0 Å². The lowest BCUT2D eigenvalue weighted by atomic mass is 9.99. The fraction of sp³-hybridized carbons (Fsp3) is 0.455. The second-order valence-electron chi connectivity index (χ2n) is 3.60. The highest BCUT2D eigenvalue weighted by molar-refractivity contribution is 5.48. The molecule has 3 heteroatoms. The Bertz CT molecular complexity index is 349. The SMILES string of the molecule is COc1cc2c(cc1C)OCC[C@H]2N. The largest absolute Gasteiger partial charge is 0.496 e. The van der Waals surface area contributed by atoms with Crippen LogP contribution in [0.5, 0.6) is 11.5 Å². The van der Waals surface area contributed by atoms with E-state index in [-0.39, 0.29) is 6.04 Å². The first-order valence-corrected chi connectivity index (χ1v) is 4.79. The summed E-state index contributed by atoms with van der Waals surface area (Å²) in [7, 11) is 1.67. The average molecular weight is 193 g/mol. The van der Waals surface area contributed by atoms with Crippen LogP contribution < -0.4 is 15.2 Å². The maximum atomic E-state index is 5.98. The standard InChI is InChI=1S/C11H15NO2/c1-7-5-11-8(6-10(7)13-2)9(12)3-4-14-11/h5-6,9H,3-4,12H2,1-2H3/t9-/m1/s1. The first-order chi connectivity index (χ1) is 6.72. The molecule has 1 atom stereocenters. The van der Waals surface area contributed by atoms with E-state index in [0.29, 0.717) is 6.61 Å². The highest BCUT2D eigenvalue weighted by atomic mass is 16.5. The number of aryl methyl sites for hydroxylation is 1. The molecule has 14 heavy (non-hydrogen) atoms. The summed E-state index contributed by atoms with van der Waals surface area (Å²) >= 11 is 0. The molecule has 0 saturated heterocycles. The van der Waals surface area contributed by atoms with Gasteiger partial charge in [0.15, 0.2) is 0 Å². The van der Waals surface area contributed by atoms with E-state index in [0.717, 1.165) is 29.0 Å². The minimum atomic E-state index is 0.0771. The Kier molecular flexibility index (Phi) is 2.33. The van der Waals surface area contributed by atoms with Crippen molar-refractivity contribution >= 4 is 0 Å². The molecule has 3 nitrogen and oxygen atoms in total. The van der Waals surface area contributed by atoms with Crippen molar-refractivity contribution in [2.45, 2.75) is 19.4 Å². The van der Waals surface area contributed by atoms with E-state index in [9.17, 15) is 0 Å². The lowest BCUT2D eigenvalue weighted by Gasteiger charge is -2.24. The monoisotopic (exact) mass is 193 g/mol. The molecule has 1 heterocycles. The van der Waals surface area contributed by atoms with Gasteiger partial charge in [-0.3, -0.25) is 0 Å². The lowest BCUT2D eigenvalue weighted by molar-refractivity contribution is 0.267. The Balaban J connectivity index is 2.49. The summed E-state index contributed by atoms with van der Waals surface area (Å²) in [5.41, 5.74) is 8.12. The summed E-state index contributed by atoms with van der Waals surface area (Å²) in [6.07, 6.45) is 0.874. The van der Waals surface area contributed by atoms with Crippen LogP contribution in [0.3, 0.4) is 0 Å². The highest BCUT2D eigenvalue weighted by Crippen LogP contribution is 2.35. The number of rotatable bonds is 1. The second kappa shape index (κ2) is 3.50. The molecular weight excluding hydrogens is 178 g/mol. The highest BCUT2D eigenvalue weighted by Gasteiger charge is 2.19. The van der Waals surface area contributed by atoms with Crippen LogP contribution in [-0.4, -0.2) is 13.7 Å². The molecule has 0 aromatic heterocycles. The van der Waals surface area contributed by atoms with Crippen molar-refractivity contribution in [2.24, 2.45) is 5.73 Å². The van der Waals surface area contributed by atoms with E-state index in [1.54, 1.807) is 7.11 Å². The van der Waals surface area contributed by atoms with E-state index in [1.807, 2.05) is 19.1 Å². The van der Waals surface area contributed by atoms with Gasteiger partial charge in [0, 0.05) is 18.0 Å². The maximum Gasteiger partial charge on any atom is 0.124 e. The summed E-state index contributed by atoms with van der Waals surface area (Å²) in [4.78, 5) is 0. The molecule has 0 aliphatic carbocycles. The van der Waals surface area contributed by atoms with Gasteiger partial charge in [-0.05, 0) is 24.6 Å². The van der Waals surface area contributed by atoms with E-state index >= 15 is 0 Å². The van der Waals surface area contributed by atoms with Gasteiger partial charge < -0.3 is 15.2 Å². The zero-order valence-electron chi connectivity index (χ0n) is 8.54. The predicted molar refractivity (Wildman–Crippen MR) is 54.8 cm³/mol. The van der Waals surface area contributed by atoms with Gasteiger partial charge in [0.1, 0.15) is 11.5 Å². The Morgan fingerprint density at radius 1 is 1.50 bits per heavy atom. The normalized spacial score (nSPS) is 19.8. The minimum Gasteiger partial charge on any atom is -0.496 e. The molecule has 0 fully saturated rings. The van der Waals surface area contributed by atoms with Gasteiger partial charge in [-0.2, -0.15) is 0 Å². The quantitative estimate of drug-likeness (QED) is 0.739. The Hall–Kier alpha value is -1.22. The average Bonchev–Trinajstić information content (AvgIpc) is 2.17. The van der Waals surface area contributed by atoms with Crippen molar-refractivity contribution < 1.29 is 9.47 Å². The van der Waals surface area contributed by atoms with Crippen LogP contribution >= 0.6 is 0 Å². The van der Waals surface area contributed by atoms with Crippen LogP contribution in [0.15, 0.2) is 12.1 Å². The van der Waals surface area contributed by atoms with Crippen LogP contribution in [-0.2, 0) is 0 Å². The summed E-state index contributed by atoms with van der Waals surface area (Å²) < 4.78 is 10.8. The van der Waals surface area contributed by atoms with Crippen molar-refractivity contribution in [3.05, 3.63) is 23.3 Å². The van der Waals surface area contributed by atoms with Crippen LogP contribution in [0.25, 0.3) is 0 Å². The molecule has 0 spiro atoms. The fourth-order valence-corrected chi connectivity index (χ4v) is 1.76. The Morgan fingerprint density at radius 3 is 3.00 bits per heavy atom. The molecule has 0 amide bonds. The molecule has 1 aromatic carbocycles. The summed E-state index contributed by atoms with van der Waals surface area (Å²) in [6.45, 7) is 2.71. The van der Waals surface area contributed by atoms with Gasteiger partial charge in [0.05, 0.1) is 13.7 Å². The smallest absolute Gasteiger partial charge is 0.124 e. The zero-order valence-corrected chi connectivity index (χ0v) is 8.54. The summed E-state index contributed by atoms with van der Waals surface area (Å²) in [5.74, 6) is 1.78. The van der Waals surface area contributed by atoms with Gasteiger partial charge in [-0.25, -0.2) is 0 Å². The topological polar surface area (TPSA) is 44.5 Å². The third-order valence-corrected chi connectivity index (χ3v) is 2.61. The van der Waals surface area contributed by atoms with Crippen molar-refractivity contribution in [1.82, 2.24) is 0 Å². The molecule has 0 bridgehead atoms. The van der Waals surface area contributed by atoms with E-state index in [4.69, 9.17) is 15.2 Å². The summed E-state index contributed by atoms with van der Waals surface area (Å²) in [5, 5.41) is 0. The Labute approximate surface area is 83.8 Å². The van der Waals surface area contributed by atoms with Crippen LogP contribution in [0.1, 0.15) is 23.6 Å². The fourth-order valence-electron chi connectivity index (χ4n) is 1.76. The number of fused-ring (bicyclic) bond motifs is 1. The summed E-state index contributed by atoms with van der Waals surface area (Å²) in [6, 6.07) is 4.05. The van der Waals surface area contributed by atoms with Crippen LogP contribution in [0.4, 0.5) is 0 Å². The van der Waals surface area contributed by atoms with Crippen LogP contribution in [0.2, 0.25) is 0 Å². The lowest BCUT2D eigenvalue weighted by Crippen LogP contribution is -2.20. The number of nitrogens with two attached hydrogens (primary N) is 1. The third-order valence-electron chi connectivity index (χ3n) is 2.61. The number of hydrogen-bond donors (Lipinski definition) is 1. The zero-order chi connectivity index (χ0) is 10.1. The number of benzene rings is 1. The number of hydrogen-bond acceptors (Lipinski definition) is 3. The second-order valence-corrected chi connectivity index (χ2v) is 3.60. The number of methoxy groups -OCH3 is 1. The maximum absolute atomic E-state index is 5.98. The molecule has 1 aliphatic heterocycles. The molecule has 2 rings (SSSR count). The van der Waals surface area contributed by atoms with Crippen LogP contribution in [0, 0.1) is 6.92 Å². The van der Waals surface area contributed by atoms with Crippen molar-refractivity contribution in [3.63, 3.8) is 0 Å². The first kappa shape index (κ1) is 9.34. The Morgan fingerprint density at radius 2 is 2.29 bits per heavy atom. The van der Waals surface area contributed by atoms with E-state index < -0.39 is 0 Å². The van der Waals surface area contributed by atoms with Crippen molar-refractivity contribution in [2.75, 3.05) is 13.7 Å². The van der Waals surface area contributed by atoms with Gasteiger partial charge in [-0.1, -0.05) is 0 Å². The minimum absolute atomic E-state index is 0.0771. The van der Waals surface area contributed by atoms with Crippen molar-refractivity contribution in [3.8, 4) is 11.5 Å². The molecule has 0 unspecified atom stereocenters. The van der Waals surface area contributed by atoms with Crippen molar-refractivity contribution in [1.29, 1.82) is 0 Å². The van der Waals surface area contributed by atoms with E-state index in [2.05, 4.69) is 0 Å². The number of ether oxygens (including phenoxy) is 2. The molecule has 76 valence electrons. The van der Waals surface area contributed by atoms with Gasteiger partial charge in [0.2, 0.25) is 0 Å². The molecule has 1 aliphatic rings. The van der Waals surface area contributed by atoms with Gasteiger partial charge in [-0.15, -0.1) is 0 Å². The molecule has 1 aromatic rings. The third kappa shape index (κ3) is 1.44. The molecular formula is C11H15NO2. The van der Waals surface area contributed by atoms with E-state index in [1.165, 1.54) is 0 Å². The predicted octanol–water partition coefficient (Wildman–Crippen LogP) is 1.79. The van der Waals surface area contributed by atoms with Gasteiger partial charge >= 0.3 is 0 Å². The molecule has 0 radical (unpaired) electrons. The molecule has 0 saturated carbocycles.